The minimum Gasteiger partial charge on any atom is -0.379 e. The lowest BCUT2D eigenvalue weighted by Gasteiger charge is -2.06. The van der Waals surface area contributed by atoms with Gasteiger partial charge in [0, 0.05) is 0 Å². The molecule has 2 aromatic rings. The number of Topliss-reactive ketones (excluding diaryl/α,β-unsaturated/α-hetero) is 1. The third-order valence-corrected chi connectivity index (χ3v) is 3.09. The monoisotopic (exact) mass is 280 g/mol. The Bertz CT molecular complexity index is 663. The van der Waals surface area contributed by atoms with Crippen molar-refractivity contribution in [2.75, 3.05) is 0 Å². The first-order valence-corrected chi connectivity index (χ1v) is 6.61. The Balaban J connectivity index is 2.08. The highest BCUT2D eigenvalue weighted by Crippen LogP contribution is 2.15. The van der Waals surface area contributed by atoms with Crippen molar-refractivity contribution in [3.05, 3.63) is 71.3 Å². The molecule has 3 heteroatoms. The molecule has 2 aromatic carbocycles. The minimum absolute atomic E-state index is 0.495. The molecule has 3 nitrogen and oxygen atoms in total. The van der Waals surface area contributed by atoms with Crippen LogP contribution in [0.1, 0.15) is 28.9 Å². The molecule has 0 aromatic heterocycles. The molecule has 0 aliphatic rings. The third-order valence-electron chi connectivity index (χ3n) is 3.09. The van der Waals surface area contributed by atoms with E-state index in [4.69, 9.17) is 0 Å². The van der Waals surface area contributed by atoms with Crippen LogP contribution in [-0.2, 0) is 4.79 Å². The molecule has 0 radical (unpaired) electrons. The number of carbonyl (C=O) groups is 1. The molecule has 0 bridgehead atoms. The van der Waals surface area contributed by atoms with Gasteiger partial charge in [-0.25, -0.2) is 0 Å². The summed E-state index contributed by atoms with van der Waals surface area (Å²) >= 11 is 0. The van der Waals surface area contributed by atoms with Crippen molar-refractivity contribution < 1.29 is 15.0 Å². The molecule has 0 fully saturated rings. The van der Waals surface area contributed by atoms with Crippen LogP contribution in [0.3, 0.4) is 0 Å². The molecule has 0 saturated heterocycles. The van der Waals surface area contributed by atoms with Gasteiger partial charge in [-0.15, -0.1) is 0 Å². The predicted octanol–water partition coefficient (Wildman–Crippen LogP) is 2.33. The maximum Gasteiger partial charge on any atom is 0.238 e. The molecule has 2 atom stereocenters. The van der Waals surface area contributed by atoms with Crippen LogP contribution >= 0.6 is 0 Å². The zero-order valence-corrected chi connectivity index (χ0v) is 11.7. The van der Waals surface area contributed by atoms with Crippen LogP contribution in [0.4, 0.5) is 0 Å². The Hall–Kier alpha value is -2.41. The third kappa shape index (κ3) is 4.03. The summed E-state index contributed by atoms with van der Waals surface area (Å²) in [5, 5.41) is 19.8. The summed E-state index contributed by atoms with van der Waals surface area (Å²) in [5.74, 6) is 4.13. The molecule has 21 heavy (non-hydrogen) atoms. The van der Waals surface area contributed by atoms with Gasteiger partial charge in [0.05, 0.1) is 0 Å². The second kappa shape index (κ2) is 6.85. The van der Waals surface area contributed by atoms with Gasteiger partial charge in [-0.1, -0.05) is 66.1 Å². The molecule has 0 spiro atoms. The molecule has 0 aliphatic carbocycles. The summed E-state index contributed by atoms with van der Waals surface area (Å²) in [6.07, 6.45) is -2.33. The van der Waals surface area contributed by atoms with Gasteiger partial charge in [-0.05, 0) is 24.0 Å². The average molecular weight is 280 g/mol. The van der Waals surface area contributed by atoms with Crippen LogP contribution in [0.2, 0.25) is 0 Å². The molecule has 2 rings (SSSR count). The lowest BCUT2D eigenvalue weighted by Crippen LogP contribution is -2.10. The maximum absolute atomic E-state index is 11.8. The number of aryl methyl sites for hydroxylation is 1. The van der Waals surface area contributed by atoms with Crippen LogP contribution in [0.25, 0.3) is 0 Å². The van der Waals surface area contributed by atoms with Gasteiger partial charge in [0.15, 0.2) is 0 Å². The first kappa shape index (κ1) is 15.0. The van der Waals surface area contributed by atoms with Gasteiger partial charge in [0.25, 0.3) is 0 Å². The smallest absolute Gasteiger partial charge is 0.238 e. The normalized spacial score (nSPS) is 12.9. The summed E-state index contributed by atoms with van der Waals surface area (Å²) in [6.45, 7) is 1.92. The van der Waals surface area contributed by atoms with Crippen LogP contribution in [0, 0.1) is 18.8 Å². The molecule has 106 valence electrons. The van der Waals surface area contributed by atoms with Gasteiger partial charge in [0.1, 0.15) is 12.2 Å². The van der Waals surface area contributed by atoms with E-state index in [0.29, 0.717) is 11.1 Å². The summed E-state index contributed by atoms with van der Waals surface area (Å²) < 4.78 is 0. The minimum atomic E-state index is -1.29. The Kier molecular flexibility index (Phi) is 4.89. The second-order valence-electron chi connectivity index (χ2n) is 4.76. The number of aliphatic hydroxyl groups is 2. The Morgan fingerprint density at radius 1 is 0.952 bits per heavy atom. The van der Waals surface area contributed by atoms with Gasteiger partial charge < -0.3 is 10.2 Å². The first-order chi connectivity index (χ1) is 10.1. The van der Waals surface area contributed by atoms with E-state index in [2.05, 4.69) is 11.8 Å². The maximum atomic E-state index is 11.8. The number of rotatable bonds is 3. The molecule has 0 aliphatic heterocycles. The lowest BCUT2D eigenvalue weighted by atomic mass is 10.0. The summed E-state index contributed by atoms with van der Waals surface area (Å²) in [5.41, 5.74) is 2.15. The van der Waals surface area contributed by atoms with Crippen LogP contribution < -0.4 is 0 Å². The van der Waals surface area contributed by atoms with Crippen molar-refractivity contribution in [3.8, 4) is 11.8 Å². The van der Waals surface area contributed by atoms with Crippen molar-refractivity contribution in [2.45, 2.75) is 19.1 Å². The van der Waals surface area contributed by atoms with Gasteiger partial charge in [0.2, 0.25) is 5.78 Å². The molecule has 0 heterocycles. The van der Waals surface area contributed by atoms with Crippen molar-refractivity contribution in [1.29, 1.82) is 0 Å². The zero-order valence-electron chi connectivity index (χ0n) is 11.7. The summed E-state index contributed by atoms with van der Waals surface area (Å²) in [4.78, 5) is 11.8. The van der Waals surface area contributed by atoms with Crippen LogP contribution in [0.5, 0.6) is 0 Å². The fourth-order valence-corrected chi connectivity index (χ4v) is 1.83. The molecule has 0 saturated carbocycles. The largest absolute Gasteiger partial charge is 0.379 e. The van der Waals surface area contributed by atoms with E-state index in [0.717, 1.165) is 5.56 Å². The van der Waals surface area contributed by atoms with Crippen molar-refractivity contribution in [1.82, 2.24) is 0 Å². The van der Waals surface area contributed by atoms with Crippen LogP contribution in [-0.4, -0.2) is 16.0 Å². The number of hydrogen-bond donors (Lipinski definition) is 2. The van der Waals surface area contributed by atoms with E-state index in [1.54, 1.807) is 36.4 Å². The zero-order chi connectivity index (χ0) is 15.2. The second-order valence-corrected chi connectivity index (χ2v) is 4.76. The Labute approximate surface area is 123 Å². The number of hydrogen-bond acceptors (Lipinski definition) is 3. The standard InChI is InChI=1S/C18H16O3/c1-13-7-9-15(10-8-13)18(21)17(20)12-11-16(19)14-5-3-2-4-6-14/h2-10,16,18-19,21H,1H3. The number of ketones is 1. The van der Waals surface area contributed by atoms with E-state index in [1.165, 1.54) is 0 Å². The fraction of sp³-hybridized carbons (Fsp3) is 0.167. The highest BCUT2D eigenvalue weighted by atomic mass is 16.3. The number of carbonyl (C=O) groups excluding carboxylic acids is 1. The number of aliphatic hydroxyl groups excluding tert-OH is 2. The Morgan fingerprint density at radius 3 is 2.19 bits per heavy atom. The quantitative estimate of drug-likeness (QED) is 0.670. The van der Waals surface area contributed by atoms with Gasteiger partial charge in [-0.2, -0.15) is 0 Å². The highest BCUT2D eigenvalue weighted by Gasteiger charge is 2.15. The highest BCUT2D eigenvalue weighted by molar-refractivity contribution is 5.99. The van der Waals surface area contributed by atoms with Crippen molar-refractivity contribution >= 4 is 5.78 Å². The predicted molar refractivity (Wildman–Crippen MR) is 80.3 cm³/mol. The topological polar surface area (TPSA) is 57.5 Å². The lowest BCUT2D eigenvalue weighted by molar-refractivity contribution is -0.121. The molecular formula is C18H16O3. The molecule has 2 unspecified atom stereocenters. The van der Waals surface area contributed by atoms with Gasteiger partial charge >= 0.3 is 0 Å². The molecule has 0 amide bonds. The Morgan fingerprint density at radius 2 is 1.57 bits per heavy atom. The van der Waals surface area contributed by atoms with E-state index < -0.39 is 18.0 Å². The first-order valence-electron chi connectivity index (χ1n) is 6.61. The fourth-order valence-electron chi connectivity index (χ4n) is 1.83. The molecule has 2 N–H and O–H groups in total. The van der Waals surface area contributed by atoms with E-state index in [1.807, 2.05) is 25.1 Å². The van der Waals surface area contributed by atoms with Gasteiger partial charge in [-0.3, -0.25) is 4.79 Å². The van der Waals surface area contributed by atoms with Crippen molar-refractivity contribution in [2.24, 2.45) is 0 Å². The SMILES string of the molecule is Cc1ccc(C(O)C(=O)C#CC(O)c2ccccc2)cc1. The van der Waals surface area contributed by atoms with E-state index >= 15 is 0 Å². The van der Waals surface area contributed by atoms with E-state index in [-0.39, 0.29) is 0 Å². The van der Waals surface area contributed by atoms with E-state index in [9.17, 15) is 15.0 Å². The van der Waals surface area contributed by atoms with Crippen LogP contribution in [0.15, 0.2) is 54.6 Å². The summed E-state index contributed by atoms with van der Waals surface area (Å²) in [7, 11) is 0. The molecular weight excluding hydrogens is 264 g/mol. The summed E-state index contributed by atoms with van der Waals surface area (Å²) in [6, 6.07) is 15.8. The van der Waals surface area contributed by atoms with Crippen molar-refractivity contribution in [3.63, 3.8) is 0 Å². The number of benzene rings is 2. The average Bonchev–Trinajstić information content (AvgIpc) is 2.53.